The molecule has 2 N–H and O–H groups in total. The Labute approximate surface area is 93.3 Å². The Kier molecular flexibility index (Phi) is 4.90. The minimum atomic E-state index is -0.692. The number of carbonyl (C=O) groups excluding carboxylic acids is 2. The van der Waals surface area contributed by atoms with Gasteiger partial charge in [0, 0.05) is 13.1 Å². The van der Waals surface area contributed by atoms with E-state index in [1.807, 2.05) is 6.26 Å². The van der Waals surface area contributed by atoms with Gasteiger partial charge in [-0.3, -0.25) is 0 Å². The Hall–Kier alpha value is -0.750. The second-order valence-corrected chi connectivity index (χ2v) is 4.40. The first-order valence-corrected chi connectivity index (χ1v) is 6.29. The molecule has 0 radical (unpaired) electrons. The lowest BCUT2D eigenvalue weighted by atomic mass is 10.2. The highest BCUT2D eigenvalue weighted by Crippen LogP contribution is 2.08. The first-order chi connectivity index (χ1) is 7.15. The van der Waals surface area contributed by atoms with Crippen molar-refractivity contribution in [2.24, 2.45) is 5.73 Å². The molecule has 1 atom stereocenters. The van der Waals surface area contributed by atoms with Crippen LogP contribution in [0.5, 0.6) is 0 Å². The molecule has 1 aliphatic rings. The molecule has 0 aliphatic carbocycles. The van der Waals surface area contributed by atoms with Crippen LogP contribution in [-0.4, -0.2) is 48.1 Å². The third kappa shape index (κ3) is 3.71. The Morgan fingerprint density at radius 3 is 2.67 bits per heavy atom. The van der Waals surface area contributed by atoms with E-state index in [0.29, 0.717) is 19.5 Å². The molecule has 0 unspecified atom stereocenters. The van der Waals surface area contributed by atoms with Crippen molar-refractivity contribution in [3.05, 3.63) is 0 Å². The van der Waals surface area contributed by atoms with Gasteiger partial charge in [0.25, 0.3) is 0 Å². The molecule has 0 bridgehead atoms. The van der Waals surface area contributed by atoms with Crippen molar-refractivity contribution >= 4 is 23.8 Å². The van der Waals surface area contributed by atoms with E-state index >= 15 is 0 Å². The number of nitrogens with two attached hydrogens (primary N) is 1. The summed E-state index contributed by atoms with van der Waals surface area (Å²) < 4.78 is 4.63. The van der Waals surface area contributed by atoms with Crippen molar-refractivity contribution in [1.29, 1.82) is 0 Å². The third-order valence-electron chi connectivity index (χ3n) is 2.24. The fourth-order valence-electron chi connectivity index (χ4n) is 1.09. The molecule has 1 saturated heterocycles. The largest absolute Gasteiger partial charge is 0.417 e. The second kappa shape index (κ2) is 5.97. The number of rotatable bonds is 4. The number of ether oxygens (including phenoxy) is 1. The summed E-state index contributed by atoms with van der Waals surface area (Å²) in [5.41, 5.74) is 5.55. The Balaban J connectivity index is 2.24. The Bertz CT molecular complexity index is 244. The van der Waals surface area contributed by atoms with Crippen LogP contribution in [-0.2, 0) is 9.53 Å². The zero-order valence-corrected chi connectivity index (χ0v) is 9.59. The van der Waals surface area contributed by atoms with E-state index in [1.54, 1.807) is 11.8 Å². The van der Waals surface area contributed by atoms with E-state index < -0.39 is 18.1 Å². The van der Waals surface area contributed by atoms with Gasteiger partial charge in [-0.15, -0.1) is 0 Å². The molecule has 6 heteroatoms. The maximum Gasteiger partial charge on any atom is 0.417 e. The summed E-state index contributed by atoms with van der Waals surface area (Å²) in [4.78, 5) is 24.0. The number of esters is 1. The molecule has 0 saturated carbocycles. The number of hydrogen-bond donors (Lipinski definition) is 1. The van der Waals surface area contributed by atoms with Gasteiger partial charge in [0.15, 0.2) is 0 Å². The van der Waals surface area contributed by atoms with Crippen LogP contribution < -0.4 is 5.73 Å². The van der Waals surface area contributed by atoms with Crippen molar-refractivity contribution in [3.63, 3.8) is 0 Å². The summed E-state index contributed by atoms with van der Waals surface area (Å²) >= 11 is 1.61. The lowest BCUT2D eigenvalue weighted by Crippen LogP contribution is -2.45. The third-order valence-corrected chi connectivity index (χ3v) is 2.88. The van der Waals surface area contributed by atoms with Crippen LogP contribution in [0.15, 0.2) is 0 Å². The van der Waals surface area contributed by atoms with Crippen molar-refractivity contribution in [2.45, 2.75) is 18.9 Å². The normalized spacial score (nSPS) is 16.8. The van der Waals surface area contributed by atoms with Gasteiger partial charge in [-0.1, -0.05) is 0 Å². The molecule has 0 aromatic heterocycles. The standard InChI is InChI=1S/C9H16N2O3S/c1-15-6-3-7(10)8(12)14-9(13)11-4-2-5-11/h7H,2-6,10H2,1H3/t7-/m0/s1. The van der Waals surface area contributed by atoms with Gasteiger partial charge in [-0.25, -0.2) is 9.59 Å². The average Bonchev–Trinajstić information content (AvgIpc) is 2.10. The van der Waals surface area contributed by atoms with Crippen LogP contribution in [0.1, 0.15) is 12.8 Å². The van der Waals surface area contributed by atoms with Crippen LogP contribution >= 0.6 is 11.8 Å². The first kappa shape index (κ1) is 12.3. The van der Waals surface area contributed by atoms with Gasteiger partial charge in [0.2, 0.25) is 0 Å². The molecule has 1 amide bonds. The molecule has 1 fully saturated rings. The molecule has 0 spiro atoms. The first-order valence-electron chi connectivity index (χ1n) is 4.90. The highest BCUT2D eigenvalue weighted by atomic mass is 32.2. The summed E-state index contributed by atoms with van der Waals surface area (Å²) in [5.74, 6) is 0.162. The van der Waals surface area contributed by atoms with Crippen molar-refractivity contribution < 1.29 is 14.3 Å². The van der Waals surface area contributed by atoms with E-state index in [4.69, 9.17) is 5.73 Å². The van der Waals surface area contributed by atoms with E-state index in [9.17, 15) is 9.59 Å². The van der Waals surface area contributed by atoms with Crippen molar-refractivity contribution in [3.8, 4) is 0 Å². The average molecular weight is 232 g/mol. The van der Waals surface area contributed by atoms with E-state index in [-0.39, 0.29) is 0 Å². The van der Waals surface area contributed by atoms with E-state index in [2.05, 4.69) is 4.74 Å². The minimum Gasteiger partial charge on any atom is -0.375 e. The quantitative estimate of drug-likeness (QED) is 0.562. The summed E-state index contributed by atoms with van der Waals surface area (Å²) in [6.07, 6.45) is 2.88. The highest BCUT2D eigenvalue weighted by Gasteiger charge is 2.26. The van der Waals surface area contributed by atoms with E-state index in [1.165, 1.54) is 4.90 Å². The number of amides is 1. The zero-order valence-electron chi connectivity index (χ0n) is 8.77. The van der Waals surface area contributed by atoms with Gasteiger partial charge < -0.3 is 15.4 Å². The Morgan fingerprint density at radius 2 is 2.20 bits per heavy atom. The van der Waals surface area contributed by atoms with Crippen LogP contribution in [0.3, 0.4) is 0 Å². The smallest absolute Gasteiger partial charge is 0.375 e. The fraction of sp³-hybridized carbons (Fsp3) is 0.778. The number of likely N-dealkylation sites (tertiary alicyclic amines) is 1. The second-order valence-electron chi connectivity index (χ2n) is 3.42. The van der Waals surface area contributed by atoms with E-state index in [0.717, 1.165) is 12.2 Å². The molecule has 0 aromatic carbocycles. The predicted octanol–water partition coefficient (Wildman–Crippen LogP) is 0.436. The predicted molar refractivity (Wildman–Crippen MR) is 58.7 cm³/mol. The molecular weight excluding hydrogens is 216 g/mol. The van der Waals surface area contributed by atoms with Crippen molar-refractivity contribution in [1.82, 2.24) is 4.90 Å². The maximum atomic E-state index is 11.3. The van der Waals surface area contributed by atoms with Gasteiger partial charge in [0.1, 0.15) is 6.04 Å². The van der Waals surface area contributed by atoms with Crippen LogP contribution in [0, 0.1) is 0 Å². The number of carbonyl (C=O) groups is 2. The lowest BCUT2D eigenvalue weighted by molar-refractivity contribution is -0.140. The number of thioether (sulfide) groups is 1. The van der Waals surface area contributed by atoms with Crippen molar-refractivity contribution in [2.75, 3.05) is 25.1 Å². The van der Waals surface area contributed by atoms with Gasteiger partial charge in [-0.05, 0) is 24.9 Å². The SMILES string of the molecule is CSCC[C@H](N)C(=O)OC(=O)N1CCC1. The summed E-state index contributed by atoms with van der Waals surface area (Å²) in [5, 5.41) is 0. The van der Waals surface area contributed by atoms with Gasteiger partial charge >= 0.3 is 12.1 Å². The lowest BCUT2D eigenvalue weighted by Gasteiger charge is -2.29. The van der Waals surface area contributed by atoms with Crippen LogP contribution in [0.25, 0.3) is 0 Å². The molecule has 86 valence electrons. The molecule has 0 aromatic rings. The Morgan fingerprint density at radius 1 is 1.53 bits per heavy atom. The summed E-state index contributed by atoms with van der Waals surface area (Å²) in [6.45, 7) is 1.35. The van der Waals surface area contributed by atoms with Gasteiger partial charge in [-0.2, -0.15) is 11.8 Å². The molecule has 5 nitrogen and oxygen atoms in total. The molecular formula is C9H16N2O3S. The fourth-order valence-corrected chi connectivity index (χ4v) is 1.58. The van der Waals surface area contributed by atoms with Crippen LogP contribution in [0.4, 0.5) is 4.79 Å². The topological polar surface area (TPSA) is 72.6 Å². The highest BCUT2D eigenvalue weighted by molar-refractivity contribution is 7.98. The maximum absolute atomic E-state index is 11.3. The van der Waals surface area contributed by atoms with Crippen LogP contribution in [0.2, 0.25) is 0 Å². The molecule has 15 heavy (non-hydrogen) atoms. The zero-order chi connectivity index (χ0) is 11.3. The minimum absolute atomic E-state index is 0.535. The number of hydrogen-bond acceptors (Lipinski definition) is 5. The summed E-state index contributed by atoms with van der Waals surface area (Å²) in [6, 6.07) is -0.692. The monoisotopic (exact) mass is 232 g/mol. The summed E-state index contributed by atoms with van der Waals surface area (Å²) in [7, 11) is 0. The number of nitrogens with zero attached hydrogens (tertiary/aromatic N) is 1. The molecule has 1 heterocycles. The van der Waals surface area contributed by atoms with Gasteiger partial charge in [0.05, 0.1) is 0 Å². The molecule has 1 rings (SSSR count). The molecule has 1 aliphatic heterocycles.